The summed E-state index contributed by atoms with van der Waals surface area (Å²) >= 11 is 0. The Morgan fingerprint density at radius 1 is 1.14 bits per heavy atom. The van der Waals surface area contributed by atoms with Gasteiger partial charge in [-0.2, -0.15) is 0 Å². The lowest BCUT2D eigenvalue weighted by Crippen LogP contribution is -2.36. The van der Waals surface area contributed by atoms with E-state index in [4.69, 9.17) is 4.74 Å². The van der Waals surface area contributed by atoms with Gasteiger partial charge in [0, 0.05) is 31.8 Å². The zero-order valence-electron chi connectivity index (χ0n) is 15.6. The molecule has 0 aliphatic carbocycles. The Balaban J connectivity index is 1.48. The first-order chi connectivity index (χ1) is 13.5. The molecule has 2 aromatic rings. The summed E-state index contributed by atoms with van der Waals surface area (Å²) < 4.78 is 33.3. The Hall–Kier alpha value is -2.22. The van der Waals surface area contributed by atoms with Gasteiger partial charge < -0.3 is 9.64 Å². The van der Waals surface area contributed by atoms with E-state index in [1.54, 1.807) is 17.0 Å². The van der Waals surface area contributed by atoms with Crippen LogP contribution in [0.25, 0.3) is 0 Å². The van der Waals surface area contributed by atoms with Crippen LogP contribution < -0.4 is 4.72 Å². The van der Waals surface area contributed by atoms with E-state index in [0.29, 0.717) is 25.3 Å². The fourth-order valence-corrected chi connectivity index (χ4v) is 4.85. The summed E-state index contributed by atoms with van der Waals surface area (Å²) in [6, 6.07) is 14.4. The largest absolute Gasteiger partial charge is 0.377 e. The zero-order chi connectivity index (χ0) is 19.6. The Kier molecular flexibility index (Phi) is 5.48. The van der Waals surface area contributed by atoms with Crippen molar-refractivity contribution in [2.45, 2.75) is 36.8 Å². The van der Waals surface area contributed by atoms with Gasteiger partial charge in [0.15, 0.2) is 0 Å². The lowest BCUT2D eigenvalue weighted by molar-refractivity contribution is 0.0734. The summed E-state index contributed by atoms with van der Waals surface area (Å²) in [5.41, 5.74) is 2.80. The van der Waals surface area contributed by atoms with Gasteiger partial charge in [0.1, 0.15) is 0 Å². The first-order valence-corrected chi connectivity index (χ1v) is 11.1. The summed E-state index contributed by atoms with van der Waals surface area (Å²) in [5.74, 6) is -0.148. The monoisotopic (exact) mass is 400 g/mol. The van der Waals surface area contributed by atoms with Crippen molar-refractivity contribution in [2.75, 3.05) is 19.7 Å². The normalized spacial score (nSPS) is 19.4. The Labute approximate surface area is 165 Å². The molecule has 0 radical (unpaired) electrons. The van der Waals surface area contributed by atoms with E-state index in [1.165, 1.54) is 17.7 Å². The van der Waals surface area contributed by atoms with E-state index in [9.17, 15) is 13.2 Å². The lowest BCUT2D eigenvalue weighted by atomic mass is 9.99. The molecule has 2 heterocycles. The smallest absolute Gasteiger partial charge is 0.254 e. The molecule has 4 rings (SSSR count). The summed E-state index contributed by atoms with van der Waals surface area (Å²) in [6.45, 7) is 2.10. The number of fused-ring (bicyclic) bond motifs is 1. The number of nitrogens with zero attached hydrogens (tertiary/aromatic N) is 1. The highest BCUT2D eigenvalue weighted by atomic mass is 32.2. The number of ether oxygens (including phenoxy) is 1. The second-order valence-electron chi connectivity index (χ2n) is 7.26. The molecular formula is C21H24N2O4S. The average molecular weight is 401 g/mol. The minimum Gasteiger partial charge on any atom is -0.377 e. The molecule has 1 unspecified atom stereocenters. The maximum absolute atomic E-state index is 12.9. The van der Waals surface area contributed by atoms with Crippen LogP contribution in [-0.2, 0) is 27.7 Å². The fourth-order valence-electron chi connectivity index (χ4n) is 3.74. The molecule has 0 spiro atoms. The molecule has 1 N–H and O–H groups in total. The van der Waals surface area contributed by atoms with Gasteiger partial charge in [0.05, 0.1) is 11.0 Å². The molecule has 1 saturated heterocycles. The molecule has 0 saturated carbocycles. The summed E-state index contributed by atoms with van der Waals surface area (Å²) in [6.07, 6.45) is 2.54. The van der Waals surface area contributed by atoms with Crippen LogP contribution in [0.15, 0.2) is 53.4 Å². The van der Waals surface area contributed by atoms with Crippen LogP contribution in [-0.4, -0.2) is 45.0 Å². The average Bonchev–Trinajstić information content (AvgIpc) is 3.25. The molecule has 1 atom stereocenters. The minimum absolute atomic E-state index is 0.0759. The zero-order valence-corrected chi connectivity index (χ0v) is 16.5. The van der Waals surface area contributed by atoms with E-state index in [0.717, 1.165) is 24.8 Å². The summed E-state index contributed by atoms with van der Waals surface area (Å²) in [5, 5.41) is 0. The van der Waals surface area contributed by atoms with E-state index in [1.807, 2.05) is 18.2 Å². The number of sulfonamides is 1. The first-order valence-electron chi connectivity index (χ1n) is 9.60. The van der Waals surface area contributed by atoms with Crippen LogP contribution in [0.1, 0.15) is 34.3 Å². The molecule has 2 aliphatic rings. The molecule has 2 aromatic carbocycles. The summed E-state index contributed by atoms with van der Waals surface area (Å²) in [4.78, 5) is 14.8. The van der Waals surface area contributed by atoms with Gasteiger partial charge in [-0.3, -0.25) is 4.79 Å². The van der Waals surface area contributed by atoms with Gasteiger partial charge in [0.25, 0.3) is 5.91 Å². The van der Waals surface area contributed by atoms with E-state index < -0.39 is 10.0 Å². The number of hydrogen-bond acceptors (Lipinski definition) is 4. The third-order valence-corrected chi connectivity index (χ3v) is 6.76. The molecule has 28 heavy (non-hydrogen) atoms. The van der Waals surface area contributed by atoms with Crippen molar-refractivity contribution >= 4 is 15.9 Å². The van der Waals surface area contributed by atoms with Crippen molar-refractivity contribution in [1.82, 2.24) is 9.62 Å². The van der Waals surface area contributed by atoms with Gasteiger partial charge in [-0.05, 0) is 48.6 Å². The molecular weight excluding hydrogens is 376 g/mol. The van der Waals surface area contributed by atoms with Crippen molar-refractivity contribution < 1.29 is 17.9 Å². The van der Waals surface area contributed by atoms with Gasteiger partial charge in [-0.25, -0.2) is 13.1 Å². The fraction of sp³-hybridized carbons (Fsp3) is 0.381. The summed E-state index contributed by atoms with van der Waals surface area (Å²) in [7, 11) is -3.68. The van der Waals surface area contributed by atoms with Crippen LogP contribution in [0.2, 0.25) is 0 Å². The van der Waals surface area contributed by atoms with Crippen molar-refractivity contribution in [1.29, 1.82) is 0 Å². The molecule has 7 heteroatoms. The van der Waals surface area contributed by atoms with E-state index >= 15 is 0 Å². The molecule has 148 valence electrons. The van der Waals surface area contributed by atoms with Crippen LogP contribution in [0.3, 0.4) is 0 Å². The highest BCUT2D eigenvalue weighted by Crippen LogP contribution is 2.21. The topological polar surface area (TPSA) is 75.7 Å². The van der Waals surface area contributed by atoms with Crippen LogP contribution in [0.5, 0.6) is 0 Å². The number of carbonyl (C=O) groups is 1. The van der Waals surface area contributed by atoms with Gasteiger partial charge in [-0.1, -0.05) is 30.3 Å². The minimum atomic E-state index is -3.68. The van der Waals surface area contributed by atoms with E-state index in [-0.39, 0.29) is 23.5 Å². The third kappa shape index (κ3) is 4.11. The molecule has 0 bridgehead atoms. The highest BCUT2D eigenvalue weighted by molar-refractivity contribution is 7.89. The van der Waals surface area contributed by atoms with Crippen LogP contribution in [0.4, 0.5) is 0 Å². The predicted octanol–water partition coefficient (Wildman–Crippen LogP) is 2.34. The number of benzene rings is 2. The van der Waals surface area contributed by atoms with Gasteiger partial charge in [-0.15, -0.1) is 0 Å². The maximum Gasteiger partial charge on any atom is 0.254 e. The van der Waals surface area contributed by atoms with Crippen LogP contribution in [0, 0.1) is 0 Å². The van der Waals surface area contributed by atoms with Crippen molar-refractivity contribution in [3.63, 3.8) is 0 Å². The quantitative estimate of drug-likeness (QED) is 0.836. The van der Waals surface area contributed by atoms with Crippen molar-refractivity contribution in [2.24, 2.45) is 0 Å². The number of rotatable bonds is 5. The van der Waals surface area contributed by atoms with Crippen molar-refractivity contribution in [3.05, 3.63) is 65.2 Å². The number of carbonyl (C=O) groups excluding carboxylic acids is 1. The molecule has 6 nitrogen and oxygen atoms in total. The predicted molar refractivity (Wildman–Crippen MR) is 105 cm³/mol. The third-order valence-electron chi connectivity index (χ3n) is 5.33. The second-order valence-corrected chi connectivity index (χ2v) is 9.03. The molecule has 1 fully saturated rings. The lowest BCUT2D eigenvalue weighted by Gasteiger charge is -2.29. The molecule has 0 aromatic heterocycles. The second kappa shape index (κ2) is 8.03. The number of nitrogens with one attached hydrogen (secondary N) is 1. The Bertz CT molecular complexity index is 968. The Morgan fingerprint density at radius 2 is 1.96 bits per heavy atom. The van der Waals surface area contributed by atoms with Gasteiger partial charge >= 0.3 is 0 Å². The standard InChI is InChI=1S/C21H24N2O4S/c24-21(23-11-10-16-5-1-2-6-18(16)15-23)17-7-3-9-20(13-17)28(25,26)22-14-19-8-4-12-27-19/h1-3,5-7,9,13,19,22H,4,8,10-12,14-15H2. The van der Waals surface area contributed by atoms with Gasteiger partial charge in [0.2, 0.25) is 10.0 Å². The van der Waals surface area contributed by atoms with Crippen LogP contribution >= 0.6 is 0 Å². The maximum atomic E-state index is 12.9. The number of amides is 1. The molecule has 1 amide bonds. The Morgan fingerprint density at radius 3 is 2.75 bits per heavy atom. The van der Waals surface area contributed by atoms with Crippen molar-refractivity contribution in [3.8, 4) is 0 Å². The molecule has 2 aliphatic heterocycles. The first kappa shape index (κ1) is 19.1. The number of hydrogen-bond donors (Lipinski definition) is 1. The highest BCUT2D eigenvalue weighted by Gasteiger charge is 2.24. The van der Waals surface area contributed by atoms with E-state index in [2.05, 4.69) is 10.8 Å². The SMILES string of the molecule is O=C(c1cccc(S(=O)(=O)NCC2CCCO2)c1)N1CCc2ccccc2C1.